The van der Waals surface area contributed by atoms with Crippen LogP contribution in [0.4, 0.5) is 13.2 Å². The number of hydrogen-bond donors (Lipinski definition) is 1. The van der Waals surface area contributed by atoms with Gasteiger partial charge in [-0.25, -0.2) is 0 Å². The summed E-state index contributed by atoms with van der Waals surface area (Å²) in [5, 5.41) is 6.76. The van der Waals surface area contributed by atoms with Crippen molar-refractivity contribution < 1.29 is 13.2 Å². The standard InChI is InChI=1S/C17H14F3N3S/c18-17(19,20)14-8-4-7-13(11-14)15-21-22-16(24)23(15)10-9-12-5-2-1-3-6-12/h1-8,11H,9-10H2,(H,22,24). The number of benzene rings is 2. The number of hydrogen-bond acceptors (Lipinski definition) is 2. The van der Waals surface area contributed by atoms with Crippen molar-refractivity contribution in [3.05, 3.63) is 70.5 Å². The molecule has 0 saturated carbocycles. The highest BCUT2D eigenvalue weighted by molar-refractivity contribution is 7.71. The van der Waals surface area contributed by atoms with Crippen molar-refractivity contribution in [1.82, 2.24) is 14.8 Å². The van der Waals surface area contributed by atoms with Crippen LogP contribution in [0.25, 0.3) is 11.4 Å². The molecule has 0 aliphatic heterocycles. The van der Waals surface area contributed by atoms with E-state index in [-0.39, 0.29) is 0 Å². The SMILES string of the molecule is FC(F)(F)c1cccc(-c2n[nH]c(=S)n2CCc2ccccc2)c1. The van der Waals surface area contributed by atoms with E-state index in [1.54, 1.807) is 10.6 Å². The van der Waals surface area contributed by atoms with Gasteiger partial charge in [-0.15, -0.1) is 0 Å². The lowest BCUT2D eigenvalue weighted by Gasteiger charge is -2.10. The Morgan fingerprint density at radius 3 is 2.50 bits per heavy atom. The van der Waals surface area contributed by atoms with Gasteiger partial charge >= 0.3 is 6.18 Å². The van der Waals surface area contributed by atoms with Crippen molar-refractivity contribution in [2.75, 3.05) is 0 Å². The highest BCUT2D eigenvalue weighted by atomic mass is 32.1. The summed E-state index contributed by atoms with van der Waals surface area (Å²) < 4.78 is 40.8. The molecule has 124 valence electrons. The van der Waals surface area contributed by atoms with E-state index in [0.717, 1.165) is 17.7 Å². The zero-order valence-corrected chi connectivity index (χ0v) is 13.4. The van der Waals surface area contributed by atoms with E-state index >= 15 is 0 Å². The lowest BCUT2D eigenvalue weighted by Crippen LogP contribution is -2.07. The molecular weight excluding hydrogens is 335 g/mol. The Morgan fingerprint density at radius 2 is 1.79 bits per heavy atom. The summed E-state index contributed by atoms with van der Waals surface area (Å²) in [5.41, 5.74) is 0.796. The number of alkyl halides is 3. The Bertz CT molecular complexity index is 882. The Labute approximate surface area is 141 Å². The van der Waals surface area contributed by atoms with Crippen LogP contribution in [0.15, 0.2) is 54.6 Å². The molecule has 7 heteroatoms. The Hall–Kier alpha value is -2.41. The fourth-order valence-electron chi connectivity index (χ4n) is 2.47. The quantitative estimate of drug-likeness (QED) is 0.682. The number of nitrogens with zero attached hydrogens (tertiary/aromatic N) is 2. The summed E-state index contributed by atoms with van der Waals surface area (Å²) >= 11 is 5.22. The molecular formula is C17H14F3N3S. The van der Waals surface area contributed by atoms with Gasteiger partial charge in [0.1, 0.15) is 0 Å². The van der Waals surface area contributed by atoms with Crippen LogP contribution in [-0.4, -0.2) is 14.8 Å². The van der Waals surface area contributed by atoms with Gasteiger partial charge in [0.05, 0.1) is 5.56 Å². The van der Waals surface area contributed by atoms with Gasteiger partial charge in [0, 0.05) is 12.1 Å². The molecule has 0 unspecified atom stereocenters. The van der Waals surface area contributed by atoms with Crippen molar-refractivity contribution in [2.24, 2.45) is 0 Å². The Kier molecular flexibility index (Phi) is 4.53. The molecule has 24 heavy (non-hydrogen) atoms. The summed E-state index contributed by atoms with van der Waals surface area (Å²) in [6, 6.07) is 14.9. The molecule has 3 rings (SSSR count). The first-order valence-corrected chi connectivity index (χ1v) is 7.73. The van der Waals surface area contributed by atoms with Crippen LogP contribution in [0.2, 0.25) is 0 Å². The maximum absolute atomic E-state index is 12.9. The highest BCUT2D eigenvalue weighted by Gasteiger charge is 2.30. The number of nitrogens with one attached hydrogen (secondary N) is 1. The number of aromatic amines is 1. The van der Waals surface area contributed by atoms with Gasteiger partial charge in [-0.2, -0.15) is 18.3 Å². The summed E-state index contributed by atoms with van der Waals surface area (Å²) in [6.45, 7) is 0.533. The van der Waals surface area contributed by atoms with Crippen LogP contribution < -0.4 is 0 Å². The van der Waals surface area contributed by atoms with E-state index in [2.05, 4.69) is 10.2 Å². The third-order valence-electron chi connectivity index (χ3n) is 3.67. The van der Waals surface area contributed by atoms with Crippen LogP contribution >= 0.6 is 12.2 Å². The topological polar surface area (TPSA) is 33.6 Å². The summed E-state index contributed by atoms with van der Waals surface area (Å²) in [7, 11) is 0. The molecule has 0 saturated heterocycles. The van der Waals surface area contributed by atoms with E-state index in [4.69, 9.17) is 12.2 Å². The van der Waals surface area contributed by atoms with E-state index < -0.39 is 11.7 Å². The molecule has 3 nitrogen and oxygen atoms in total. The van der Waals surface area contributed by atoms with Crippen LogP contribution in [0, 0.1) is 4.77 Å². The Morgan fingerprint density at radius 1 is 1.04 bits per heavy atom. The molecule has 0 spiro atoms. The monoisotopic (exact) mass is 349 g/mol. The minimum absolute atomic E-state index is 0.380. The fourth-order valence-corrected chi connectivity index (χ4v) is 2.69. The van der Waals surface area contributed by atoms with Gasteiger partial charge in [0.15, 0.2) is 10.6 Å². The molecule has 0 aliphatic carbocycles. The van der Waals surface area contributed by atoms with Gasteiger partial charge in [0.2, 0.25) is 0 Å². The second kappa shape index (κ2) is 6.60. The summed E-state index contributed by atoms with van der Waals surface area (Å²) in [6.07, 6.45) is -3.68. The lowest BCUT2D eigenvalue weighted by molar-refractivity contribution is -0.137. The van der Waals surface area contributed by atoms with E-state index in [0.29, 0.717) is 29.1 Å². The minimum Gasteiger partial charge on any atom is -0.300 e. The predicted molar refractivity (Wildman–Crippen MR) is 88.0 cm³/mol. The maximum Gasteiger partial charge on any atom is 0.416 e. The maximum atomic E-state index is 12.9. The fraction of sp³-hybridized carbons (Fsp3) is 0.176. The second-order valence-corrected chi connectivity index (χ2v) is 5.70. The first kappa shape index (κ1) is 16.4. The number of halogens is 3. The van der Waals surface area contributed by atoms with Crippen molar-refractivity contribution in [3.63, 3.8) is 0 Å². The minimum atomic E-state index is -4.39. The van der Waals surface area contributed by atoms with Crippen LogP contribution in [0.1, 0.15) is 11.1 Å². The zero-order chi connectivity index (χ0) is 17.2. The molecule has 2 aromatic carbocycles. The molecule has 1 N–H and O–H groups in total. The van der Waals surface area contributed by atoms with Crippen molar-refractivity contribution in [2.45, 2.75) is 19.1 Å². The number of aromatic nitrogens is 3. The van der Waals surface area contributed by atoms with E-state index in [1.165, 1.54) is 6.07 Å². The van der Waals surface area contributed by atoms with Gasteiger partial charge in [-0.05, 0) is 36.3 Å². The summed E-state index contributed by atoms with van der Waals surface area (Å²) in [4.78, 5) is 0. The third kappa shape index (κ3) is 3.56. The zero-order valence-electron chi connectivity index (χ0n) is 12.5. The van der Waals surface area contributed by atoms with Gasteiger partial charge in [0.25, 0.3) is 0 Å². The van der Waals surface area contributed by atoms with E-state index in [9.17, 15) is 13.2 Å². The van der Waals surface area contributed by atoms with E-state index in [1.807, 2.05) is 30.3 Å². The van der Waals surface area contributed by atoms with Crippen molar-refractivity contribution in [1.29, 1.82) is 0 Å². The van der Waals surface area contributed by atoms with Gasteiger partial charge in [-0.1, -0.05) is 42.5 Å². The summed E-state index contributed by atoms with van der Waals surface area (Å²) in [5.74, 6) is 0.405. The van der Waals surface area contributed by atoms with Crippen LogP contribution in [0.3, 0.4) is 0 Å². The molecule has 1 heterocycles. The normalized spacial score (nSPS) is 11.6. The molecule has 0 radical (unpaired) electrons. The lowest BCUT2D eigenvalue weighted by atomic mass is 10.1. The van der Waals surface area contributed by atoms with Crippen LogP contribution in [-0.2, 0) is 19.1 Å². The van der Waals surface area contributed by atoms with Crippen molar-refractivity contribution >= 4 is 12.2 Å². The second-order valence-electron chi connectivity index (χ2n) is 5.32. The molecule has 0 atom stereocenters. The number of H-pyrrole nitrogens is 1. The molecule has 0 amide bonds. The highest BCUT2D eigenvalue weighted by Crippen LogP contribution is 2.31. The first-order chi connectivity index (χ1) is 11.4. The van der Waals surface area contributed by atoms with Gasteiger partial charge < -0.3 is 0 Å². The predicted octanol–water partition coefficient (Wildman–Crippen LogP) is 4.87. The third-order valence-corrected chi connectivity index (χ3v) is 3.98. The molecule has 0 fully saturated rings. The Balaban J connectivity index is 1.92. The number of aryl methyl sites for hydroxylation is 1. The molecule has 1 aromatic heterocycles. The first-order valence-electron chi connectivity index (χ1n) is 7.32. The molecule has 0 aliphatic rings. The van der Waals surface area contributed by atoms with Gasteiger partial charge in [-0.3, -0.25) is 9.67 Å². The smallest absolute Gasteiger partial charge is 0.300 e. The van der Waals surface area contributed by atoms with Crippen molar-refractivity contribution in [3.8, 4) is 11.4 Å². The molecule has 0 bridgehead atoms. The average molecular weight is 349 g/mol. The molecule has 3 aromatic rings. The average Bonchev–Trinajstić information content (AvgIpc) is 2.94. The van der Waals surface area contributed by atoms with Crippen LogP contribution in [0.5, 0.6) is 0 Å². The number of rotatable bonds is 4. The largest absolute Gasteiger partial charge is 0.416 e.